The molecule has 0 bridgehead atoms. The Hall–Kier alpha value is -3.09. The summed E-state index contributed by atoms with van der Waals surface area (Å²) in [5.41, 5.74) is 1.17. The molecule has 132 valence electrons. The average molecular weight is 344 g/mol. The molecule has 1 N–H and O–H groups in total. The van der Waals surface area contributed by atoms with E-state index in [9.17, 15) is 14.9 Å². The zero-order valence-electron chi connectivity index (χ0n) is 14.2. The highest BCUT2D eigenvalue weighted by molar-refractivity contribution is 5.94. The fourth-order valence-corrected chi connectivity index (χ4v) is 2.22. The zero-order chi connectivity index (χ0) is 18.2. The summed E-state index contributed by atoms with van der Waals surface area (Å²) in [6, 6.07) is 10.9. The summed E-state index contributed by atoms with van der Waals surface area (Å²) < 4.78 is 11.1. The Balaban J connectivity index is 2.03. The lowest BCUT2D eigenvalue weighted by Crippen LogP contribution is -2.22. The number of benzene rings is 2. The molecule has 0 aliphatic rings. The third-order valence-electron chi connectivity index (χ3n) is 3.40. The van der Waals surface area contributed by atoms with Gasteiger partial charge in [0.2, 0.25) is 0 Å². The van der Waals surface area contributed by atoms with E-state index in [-0.39, 0.29) is 11.6 Å². The van der Waals surface area contributed by atoms with Gasteiger partial charge >= 0.3 is 0 Å². The molecule has 7 heteroatoms. The number of rotatable bonds is 8. The zero-order valence-corrected chi connectivity index (χ0v) is 14.2. The summed E-state index contributed by atoms with van der Waals surface area (Å²) in [4.78, 5) is 22.3. The van der Waals surface area contributed by atoms with Crippen molar-refractivity contribution in [3.8, 4) is 11.5 Å². The molecule has 1 amide bonds. The molecule has 0 unspecified atom stereocenters. The SMILES string of the molecule is CCOc1ccc(CNC(=O)c2ccc([N+](=O)[O-])cc2)cc1OCC. The van der Waals surface area contributed by atoms with Crippen LogP contribution >= 0.6 is 0 Å². The first-order valence-corrected chi connectivity index (χ1v) is 7.96. The normalized spacial score (nSPS) is 10.2. The van der Waals surface area contributed by atoms with E-state index in [1.54, 1.807) is 0 Å². The van der Waals surface area contributed by atoms with Gasteiger partial charge in [0.25, 0.3) is 11.6 Å². The highest BCUT2D eigenvalue weighted by atomic mass is 16.6. The average Bonchev–Trinajstić information content (AvgIpc) is 2.62. The summed E-state index contributed by atoms with van der Waals surface area (Å²) >= 11 is 0. The lowest BCUT2D eigenvalue weighted by atomic mass is 10.1. The van der Waals surface area contributed by atoms with Crippen molar-refractivity contribution in [2.45, 2.75) is 20.4 Å². The Morgan fingerprint density at radius 1 is 1.04 bits per heavy atom. The van der Waals surface area contributed by atoms with E-state index in [4.69, 9.17) is 9.47 Å². The van der Waals surface area contributed by atoms with E-state index in [2.05, 4.69) is 5.32 Å². The molecule has 2 rings (SSSR count). The lowest BCUT2D eigenvalue weighted by molar-refractivity contribution is -0.384. The number of nitro benzene ring substituents is 1. The Morgan fingerprint density at radius 2 is 1.68 bits per heavy atom. The van der Waals surface area contributed by atoms with Crippen molar-refractivity contribution in [1.82, 2.24) is 5.32 Å². The predicted molar refractivity (Wildman–Crippen MR) is 93.0 cm³/mol. The van der Waals surface area contributed by atoms with Crippen LogP contribution in [0.3, 0.4) is 0 Å². The van der Waals surface area contributed by atoms with Crippen molar-refractivity contribution in [2.24, 2.45) is 0 Å². The van der Waals surface area contributed by atoms with Gasteiger partial charge in [0.15, 0.2) is 11.5 Å². The first-order chi connectivity index (χ1) is 12.0. The summed E-state index contributed by atoms with van der Waals surface area (Å²) in [5.74, 6) is 0.989. The Kier molecular flexibility index (Phi) is 6.33. The molecule has 0 saturated heterocycles. The Labute approximate surface area is 145 Å². The molecule has 0 heterocycles. The van der Waals surface area contributed by atoms with Gasteiger partial charge in [0, 0.05) is 24.2 Å². The Bertz CT molecular complexity index is 744. The molecular weight excluding hydrogens is 324 g/mol. The van der Waals surface area contributed by atoms with Crippen molar-refractivity contribution < 1.29 is 19.2 Å². The predicted octanol–water partition coefficient (Wildman–Crippen LogP) is 3.32. The van der Waals surface area contributed by atoms with Gasteiger partial charge in [-0.3, -0.25) is 14.9 Å². The number of nitrogens with zero attached hydrogens (tertiary/aromatic N) is 1. The van der Waals surface area contributed by atoms with E-state index in [0.29, 0.717) is 36.8 Å². The molecule has 0 spiro atoms. The number of carbonyl (C=O) groups excluding carboxylic acids is 1. The molecular formula is C18H20N2O5. The van der Waals surface area contributed by atoms with E-state index >= 15 is 0 Å². The van der Waals surface area contributed by atoms with Crippen LogP contribution < -0.4 is 14.8 Å². The molecule has 0 fully saturated rings. The molecule has 0 aromatic heterocycles. The minimum atomic E-state index is -0.503. The first-order valence-electron chi connectivity index (χ1n) is 7.96. The van der Waals surface area contributed by atoms with Crippen LogP contribution in [0.25, 0.3) is 0 Å². The van der Waals surface area contributed by atoms with Crippen LogP contribution in [0.1, 0.15) is 29.8 Å². The monoisotopic (exact) mass is 344 g/mol. The van der Waals surface area contributed by atoms with Gasteiger partial charge in [-0.25, -0.2) is 0 Å². The number of amides is 1. The van der Waals surface area contributed by atoms with Crippen LogP contribution in [0.2, 0.25) is 0 Å². The van der Waals surface area contributed by atoms with Gasteiger partial charge in [0.1, 0.15) is 0 Å². The minimum Gasteiger partial charge on any atom is -0.490 e. The minimum absolute atomic E-state index is 0.0515. The molecule has 0 aliphatic heterocycles. The van der Waals surface area contributed by atoms with Crippen molar-refractivity contribution in [2.75, 3.05) is 13.2 Å². The van der Waals surface area contributed by atoms with Crippen LogP contribution in [0, 0.1) is 10.1 Å². The van der Waals surface area contributed by atoms with Crippen molar-refractivity contribution in [3.05, 3.63) is 63.7 Å². The highest BCUT2D eigenvalue weighted by Crippen LogP contribution is 2.28. The molecule has 0 aliphatic carbocycles. The molecule has 0 radical (unpaired) electrons. The van der Waals surface area contributed by atoms with Gasteiger partial charge in [-0.2, -0.15) is 0 Å². The molecule has 2 aromatic rings. The third kappa shape index (κ3) is 4.94. The summed E-state index contributed by atoms with van der Waals surface area (Å²) in [6.45, 7) is 5.14. The molecule has 0 saturated carbocycles. The van der Waals surface area contributed by atoms with Crippen LogP contribution in [-0.2, 0) is 6.54 Å². The number of ether oxygens (including phenoxy) is 2. The molecule has 0 atom stereocenters. The number of non-ortho nitro benzene ring substituents is 1. The fraction of sp³-hybridized carbons (Fsp3) is 0.278. The quantitative estimate of drug-likeness (QED) is 0.586. The number of nitro groups is 1. The van der Waals surface area contributed by atoms with Crippen molar-refractivity contribution in [3.63, 3.8) is 0 Å². The topological polar surface area (TPSA) is 90.7 Å². The fourth-order valence-electron chi connectivity index (χ4n) is 2.22. The lowest BCUT2D eigenvalue weighted by Gasteiger charge is -2.13. The number of carbonyl (C=O) groups is 1. The third-order valence-corrected chi connectivity index (χ3v) is 3.40. The van der Waals surface area contributed by atoms with Crippen molar-refractivity contribution in [1.29, 1.82) is 0 Å². The number of hydrogen-bond donors (Lipinski definition) is 1. The van der Waals surface area contributed by atoms with Crippen LogP contribution in [0.5, 0.6) is 11.5 Å². The van der Waals surface area contributed by atoms with Gasteiger partial charge in [-0.05, 0) is 43.7 Å². The van der Waals surface area contributed by atoms with Crippen LogP contribution in [-0.4, -0.2) is 24.0 Å². The van der Waals surface area contributed by atoms with Gasteiger partial charge in [-0.15, -0.1) is 0 Å². The Morgan fingerprint density at radius 3 is 2.28 bits per heavy atom. The highest BCUT2D eigenvalue weighted by Gasteiger charge is 2.10. The second kappa shape index (κ2) is 8.68. The van der Waals surface area contributed by atoms with Gasteiger partial charge < -0.3 is 14.8 Å². The van der Waals surface area contributed by atoms with E-state index < -0.39 is 4.92 Å². The second-order valence-corrected chi connectivity index (χ2v) is 5.13. The van der Waals surface area contributed by atoms with Gasteiger partial charge in [0.05, 0.1) is 18.1 Å². The maximum atomic E-state index is 12.1. The van der Waals surface area contributed by atoms with E-state index in [1.807, 2.05) is 32.0 Å². The van der Waals surface area contributed by atoms with Gasteiger partial charge in [-0.1, -0.05) is 6.07 Å². The summed E-state index contributed by atoms with van der Waals surface area (Å²) in [6.07, 6.45) is 0. The largest absolute Gasteiger partial charge is 0.490 e. The first kappa shape index (κ1) is 18.3. The van der Waals surface area contributed by atoms with Crippen LogP contribution in [0.4, 0.5) is 5.69 Å². The molecule has 25 heavy (non-hydrogen) atoms. The van der Waals surface area contributed by atoms with Crippen LogP contribution in [0.15, 0.2) is 42.5 Å². The number of hydrogen-bond acceptors (Lipinski definition) is 5. The summed E-state index contributed by atoms with van der Waals surface area (Å²) in [7, 11) is 0. The maximum absolute atomic E-state index is 12.1. The maximum Gasteiger partial charge on any atom is 0.269 e. The standard InChI is InChI=1S/C18H20N2O5/c1-3-24-16-10-5-13(11-17(16)25-4-2)12-19-18(21)14-6-8-15(9-7-14)20(22)23/h5-11H,3-4,12H2,1-2H3,(H,19,21). The number of nitrogens with one attached hydrogen (secondary N) is 1. The molecule has 7 nitrogen and oxygen atoms in total. The second-order valence-electron chi connectivity index (χ2n) is 5.13. The summed E-state index contributed by atoms with van der Waals surface area (Å²) in [5, 5.41) is 13.4. The van der Waals surface area contributed by atoms with E-state index in [1.165, 1.54) is 24.3 Å². The molecule has 2 aromatic carbocycles. The smallest absolute Gasteiger partial charge is 0.269 e. The van der Waals surface area contributed by atoms with E-state index in [0.717, 1.165) is 5.56 Å². The van der Waals surface area contributed by atoms with Crippen molar-refractivity contribution >= 4 is 11.6 Å².